The minimum atomic E-state index is -3.66. The van der Waals surface area contributed by atoms with Crippen molar-refractivity contribution in [3.05, 3.63) is 18.2 Å². The van der Waals surface area contributed by atoms with Crippen molar-refractivity contribution < 1.29 is 22.7 Å². The van der Waals surface area contributed by atoms with E-state index in [2.05, 4.69) is 5.32 Å². The van der Waals surface area contributed by atoms with Crippen LogP contribution in [0.15, 0.2) is 18.2 Å². The molecule has 7 nitrogen and oxygen atoms in total. The fraction of sp³-hybridized carbons (Fsp3) is 0.632. The van der Waals surface area contributed by atoms with Crippen LogP contribution in [0.3, 0.4) is 0 Å². The number of nitrogens with one attached hydrogen (secondary N) is 1. The molecule has 27 heavy (non-hydrogen) atoms. The van der Waals surface area contributed by atoms with Crippen molar-refractivity contribution in [1.82, 2.24) is 5.32 Å². The van der Waals surface area contributed by atoms with E-state index in [4.69, 9.17) is 9.47 Å². The molecule has 0 aromatic heterocycles. The molecule has 1 heterocycles. The van der Waals surface area contributed by atoms with Gasteiger partial charge in [-0.25, -0.2) is 8.42 Å². The van der Waals surface area contributed by atoms with Crippen LogP contribution in [0, 0.1) is 5.92 Å². The first-order valence-electron chi connectivity index (χ1n) is 9.53. The summed E-state index contributed by atoms with van der Waals surface area (Å²) < 4.78 is 37.0. The highest BCUT2D eigenvalue weighted by Gasteiger charge is 2.30. The quantitative estimate of drug-likeness (QED) is 0.798. The number of carbonyl (C=O) groups is 1. The second-order valence-electron chi connectivity index (χ2n) is 7.31. The molecule has 1 aromatic rings. The third-order valence-corrected chi connectivity index (χ3v) is 6.40. The molecule has 1 saturated carbocycles. The van der Waals surface area contributed by atoms with E-state index in [1.807, 2.05) is 0 Å². The van der Waals surface area contributed by atoms with Crippen LogP contribution in [-0.2, 0) is 14.8 Å². The number of carbonyl (C=O) groups excluding carboxylic acids is 1. The fourth-order valence-electron chi connectivity index (χ4n) is 3.76. The molecule has 8 heteroatoms. The lowest BCUT2D eigenvalue weighted by Crippen LogP contribution is -2.48. The molecule has 1 atom stereocenters. The Bertz CT molecular complexity index is 774. The van der Waals surface area contributed by atoms with Gasteiger partial charge in [0.05, 0.1) is 11.9 Å². The summed E-state index contributed by atoms with van der Waals surface area (Å²) in [6.45, 7) is 3.07. The number of sulfonamides is 1. The normalized spacial score (nSPS) is 18.6. The summed E-state index contributed by atoms with van der Waals surface area (Å²) in [5, 5.41) is 2.94. The summed E-state index contributed by atoms with van der Waals surface area (Å²) in [6.07, 6.45) is 6.99. The molecule has 1 aliphatic heterocycles. The van der Waals surface area contributed by atoms with Gasteiger partial charge in [0.25, 0.3) is 0 Å². The maximum atomic E-state index is 12.7. The maximum Gasteiger partial charge on any atom is 0.243 e. The highest BCUT2D eigenvalue weighted by atomic mass is 32.2. The van der Waals surface area contributed by atoms with Gasteiger partial charge < -0.3 is 14.8 Å². The van der Waals surface area contributed by atoms with Gasteiger partial charge in [0.2, 0.25) is 15.9 Å². The third-order valence-electron chi connectivity index (χ3n) is 5.16. The van der Waals surface area contributed by atoms with Crippen molar-refractivity contribution >= 4 is 21.6 Å². The summed E-state index contributed by atoms with van der Waals surface area (Å²) in [4.78, 5) is 12.7. The predicted molar refractivity (Wildman–Crippen MR) is 104 cm³/mol. The second kappa shape index (κ2) is 8.37. The van der Waals surface area contributed by atoms with Crippen molar-refractivity contribution in [2.45, 2.75) is 45.1 Å². The average molecular weight is 397 g/mol. The zero-order valence-corrected chi connectivity index (χ0v) is 16.8. The number of hydrogen-bond acceptors (Lipinski definition) is 5. The Morgan fingerprint density at radius 2 is 1.85 bits per heavy atom. The zero-order valence-electron chi connectivity index (χ0n) is 15.9. The highest BCUT2D eigenvalue weighted by Crippen LogP contribution is 2.35. The molecule has 1 aliphatic carbocycles. The predicted octanol–water partition coefficient (Wildman–Crippen LogP) is 2.31. The van der Waals surface area contributed by atoms with Gasteiger partial charge in [-0.3, -0.25) is 9.10 Å². The molecule has 1 N–H and O–H groups in total. The standard InChI is InChI=1S/C19H28N2O5S/c1-14(19(22)20-13-15-6-4-3-5-7-15)21(27(2,23)24)16-8-9-17-18(12-16)26-11-10-25-17/h8-9,12,14-15H,3-7,10-11,13H2,1-2H3,(H,20,22)/t14-/m1/s1. The van der Waals surface area contributed by atoms with Crippen LogP contribution < -0.4 is 19.1 Å². The Balaban J connectivity index is 1.75. The van der Waals surface area contributed by atoms with Crippen molar-refractivity contribution in [3.63, 3.8) is 0 Å². The van der Waals surface area contributed by atoms with Crippen molar-refractivity contribution in [1.29, 1.82) is 0 Å². The molecule has 3 rings (SSSR count). The molecular formula is C19H28N2O5S. The minimum Gasteiger partial charge on any atom is -0.486 e. The van der Waals surface area contributed by atoms with E-state index in [-0.39, 0.29) is 5.91 Å². The first-order valence-corrected chi connectivity index (χ1v) is 11.4. The van der Waals surface area contributed by atoms with Crippen LogP contribution in [0.5, 0.6) is 11.5 Å². The Morgan fingerprint density at radius 3 is 2.52 bits per heavy atom. The van der Waals surface area contributed by atoms with Crippen molar-refractivity contribution in [2.24, 2.45) is 5.92 Å². The molecular weight excluding hydrogens is 368 g/mol. The number of fused-ring (bicyclic) bond motifs is 1. The Hall–Kier alpha value is -1.96. The Kier molecular flexibility index (Phi) is 6.14. The molecule has 0 unspecified atom stereocenters. The maximum absolute atomic E-state index is 12.7. The fourth-order valence-corrected chi connectivity index (χ4v) is 4.93. The van der Waals surface area contributed by atoms with Crippen LogP contribution in [-0.4, -0.2) is 46.4 Å². The van der Waals surface area contributed by atoms with E-state index < -0.39 is 16.1 Å². The van der Waals surface area contributed by atoms with Crippen molar-refractivity contribution in [2.75, 3.05) is 30.3 Å². The first-order chi connectivity index (χ1) is 12.9. The summed E-state index contributed by atoms with van der Waals surface area (Å²) in [5.74, 6) is 1.26. The van der Waals surface area contributed by atoms with Crippen molar-refractivity contribution in [3.8, 4) is 11.5 Å². The van der Waals surface area contributed by atoms with Crippen LogP contribution in [0.25, 0.3) is 0 Å². The van der Waals surface area contributed by atoms with Gasteiger partial charge in [-0.2, -0.15) is 0 Å². The molecule has 2 aliphatic rings. The minimum absolute atomic E-state index is 0.291. The number of benzene rings is 1. The van der Waals surface area contributed by atoms with E-state index in [1.54, 1.807) is 25.1 Å². The lowest BCUT2D eigenvalue weighted by atomic mass is 9.89. The third kappa shape index (κ3) is 4.86. The lowest BCUT2D eigenvalue weighted by Gasteiger charge is -2.30. The van der Waals surface area contributed by atoms with Crippen LogP contribution in [0.4, 0.5) is 5.69 Å². The molecule has 0 bridgehead atoms. The number of anilines is 1. The van der Waals surface area contributed by atoms with E-state index in [0.717, 1.165) is 23.4 Å². The lowest BCUT2D eigenvalue weighted by molar-refractivity contribution is -0.122. The summed E-state index contributed by atoms with van der Waals surface area (Å²) >= 11 is 0. The van der Waals surface area contributed by atoms with Gasteiger partial charge in [-0.1, -0.05) is 19.3 Å². The molecule has 1 fully saturated rings. The van der Waals surface area contributed by atoms with Gasteiger partial charge in [-0.15, -0.1) is 0 Å². The van der Waals surface area contributed by atoms with E-state index in [1.165, 1.54) is 19.3 Å². The number of rotatable bonds is 6. The summed E-state index contributed by atoms with van der Waals surface area (Å²) in [5.41, 5.74) is 0.391. The highest BCUT2D eigenvalue weighted by molar-refractivity contribution is 7.92. The smallest absolute Gasteiger partial charge is 0.243 e. The monoisotopic (exact) mass is 396 g/mol. The second-order valence-corrected chi connectivity index (χ2v) is 9.17. The Labute approximate surface area is 161 Å². The topological polar surface area (TPSA) is 84.9 Å². The van der Waals surface area contributed by atoms with Crippen LogP contribution >= 0.6 is 0 Å². The molecule has 1 amide bonds. The first kappa shape index (κ1) is 19.8. The number of ether oxygens (including phenoxy) is 2. The van der Waals surface area contributed by atoms with Crippen LogP contribution in [0.1, 0.15) is 39.0 Å². The molecule has 0 radical (unpaired) electrons. The number of nitrogens with zero attached hydrogens (tertiary/aromatic N) is 1. The molecule has 0 spiro atoms. The van der Waals surface area contributed by atoms with Gasteiger partial charge in [0.15, 0.2) is 11.5 Å². The van der Waals surface area contributed by atoms with Gasteiger partial charge >= 0.3 is 0 Å². The SMILES string of the molecule is C[C@H](C(=O)NCC1CCCCC1)N(c1ccc2c(c1)OCCO2)S(C)(=O)=O. The number of hydrogen-bond donors (Lipinski definition) is 1. The molecule has 150 valence electrons. The van der Waals surface area contributed by atoms with Crippen LogP contribution in [0.2, 0.25) is 0 Å². The van der Waals surface area contributed by atoms with E-state index in [0.29, 0.717) is 42.9 Å². The van der Waals surface area contributed by atoms with E-state index in [9.17, 15) is 13.2 Å². The Morgan fingerprint density at radius 1 is 1.19 bits per heavy atom. The largest absolute Gasteiger partial charge is 0.486 e. The van der Waals surface area contributed by atoms with Gasteiger partial charge in [0.1, 0.15) is 19.3 Å². The summed E-state index contributed by atoms with van der Waals surface area (Å²) in [6, 6.07) is 4.07. The summed E-state index contributed by atoms with van der Waals surface area (Å²) in [7, 11) is -3.66. The van der Waals surface area contributed by atoms with Gasteiger partial charge in [-0.05, 0) is 37.8 Å². The average Bonchev–Trinajstić information content (AvgIpc) is 2.65. The van der Waals surface area contributed by atoms with Gasteiger partial charge in [0, 0.05) is 12.6 Å². The number of amides is 1. The molecule has 0 saturated heterocycles. The zero-order chi connectivity index (χ0) is 19.4. The van der Waals surface area contributed by atoms with E-state index >= 15 is 0 Å². The molecule has 1 aromatic carbocycles.